The maximum atomic E-state index is 10.1. The lowest BCUT2D eigenvalue weighted by Crippen LogP contribution is -2.50. The van der Waals surface area contributed by atoms with Gasteiger partial charge in [0.1, 0.15) is 0 Å². The van der Waals surface area contributed by atoms with E-state index in [1.807, 2.05) is 0 Å². The van der Waals surface area contributed by atoms with Gasteiger partial charge in [0.05, 0.1) is 11.7 Å². The zero-order valence-corrected chi connectivity index (χ0v) is 9.75. The molecule has 0 amide bonds. The fraction of sp³-hybridized carbons (Fsp3) is 1.00. The summed E-state index contributed by atoms with van der Waals surface area (Å²) in [5.41, 5.74) is -0.192. The van der Waals surface area contributed by atoms with Gasteiger partial charge in [-0.2, -0.15) is 0 Å². The Morgan fingerprint density at radius 1 is 1.43 bits per heavy atom. The second-order valence-electron chi connectivity index (χ2n) is 4.77. The van der Waals surface area contributed by atoms with Gasteiger partial charge < -0.3 is 9.84 Å². The molecule has 1 aliphatic rings. The lowest BCUT2D eigenvalue weighted by Gasteiger charge is -2.44. The van der Waals surface area contributed by atoms with Crippen molar-refractivity contribution in [1.29, 1.82) is 0 Å². The summed E-state index contributed by atoms with van der Waals surface area (Å²) < 4.78 is 5.46. The third-order valence-electron chi connectivity index (χ3n) is 3.62. The summed E-state index contributed by atoms with van der Waals surface area (Å²) in [6.45, 7) is 4.41. The van der Waals surface area contributed by atoms with E-state index in [0.717, 1.165) is 19.3 Å². The van der Waals surface area contributed by atoms with Gasteiger partial charge in [-0.25, -0.2) is 0 Å². The molecule has 2 unspecified atom stereocenters. The van der Waals surface area contributed by atoms with Crippen LogP contribution in [-0.4, -0.2) is 23.9 Å². The van der Waals surface area contributed by atoms with Gasteiger partial charge in [0.25, 0.3) is 0 Å². The van der Waals surface area contributed by atoms with E-state index in [2.05, 4.69) is 13.8 Å². The van der Waals surface area contributed by atoms with E-state index in [1.165, 1.54) is 19.3 Å². The Balaban J connectivity index is 2.36. The molecule has 1 fully saturated rings. The van der Waals surface area contributed by atoms with Gasteiger partial charge in [0.15, 0.2) is 0 Å². The first-order valence-electron chi connectivity index (χ1n) is 5.88. The molecule has 14 heavy (non-hydrogen) atoms. The second-order valence-corrected chi connectivity index (χ2v) is 4.77. The van der Waals surface area contributed by atoms with Gasteiger partial charge in [-0.15, -0.1) is 0 Å². The topological polar surface area (TPSA) is 29.5 Å². The Hall–Kier alpha value is -0.0800. The van der Waals surface area contributed by atoms with Crippen LogP contribution in [0.5, 0.6) is 0 Å². The van der Waals surface area contributed by atoms with E-state index in [0.29, 0.717) is 5.92 Å². The third kappa shape index (κ3) is 2.48. The first-order chi connectivity index (χ1) is 6.64. The highest BCUT2D eigenvalue weighted by atomic mass is 16.5. The maximum Gasteiger partial charge on any atom is 0.0936 e. The molecular weight excluding hydrogens is 176 g/mol. The molecule has 0 spiro atoms. The number of aliphatic hydroxyl groups excluding tert-OH is 1. The van der Waals surface area contributed by atoms with Crippen molar-refractivity contribution in [3.8, 4) is 0 Å². The predicted molar refractivity (Wildman–Crippen MR) is 58.3 cm³/mol. The van der Waals surface area contributed by atoms with Gasteiger partial charge in [0.2, 0.25) is 0 Å². The molecular formula is C12H24O2. The van der Waals surface area contributed by atoms with Gasteiger partial charge in [-0.3, -0.25) is 0 Å². The van der Waals surface area contributed by atoms with Gasteiger partial charge in [0, 0.05) is 7.11 Å². The molecule has 1 N–H and O–H groups in total. The van der Waals surface area contributed by atoms with Crippen LogP contribution >= 0.6 is 0 Å². The van der Waals surface area contributed by atoms with Crippen LogP contribution in [0.25, 0.3) is 0 Å². The summed E-state index contributed by atoms with van der Waals surface area (Å²) in [4.78, 5) is 0. The summed E-state index contributed by atoms with van der Waals surface area (Å²) >= 11 is 0. The molecule has 1 rings (SSSR count). The quantitative estimate of drug-likeness (QED) is 0.714. The Bertz CT molecular complexity index is 158. The lowest BCUT2D eigenvalue weighted by molar-refractivity contribution is -0.154. The van der Waals surface area contributed by atoms with Crippen LogP contribution in [0.3, 0.4) is 0 Å². The molecule has 0 heterocycles. The number of aliphatic hydroxyl groups is 1. The minimum absolute atomic E-state index is 0.192. The van der Waals surface area contributed by atoms with Crippen molar-refractivity contribution in [2.24, 2.45) is 5.92 Å². The van der Waals surface area contributed by atoms with Crippen LogP contribution in [0.2, 0.25) is 0 Å². The van der Waals surface area contributed by atoms with Crippen molar-refractivity contribution in [3.05, 3.63) is 0 Å². The van der Waals surface area contributed by atoms with E-state index in [-0.39, 0.29) is 11.7 Å². The molecule has 0 radical (unpaired) electrons. The SMILES string of the molecule is CCCC(C)CC(O)C1(OC)CCC1. The molecule has 0 saturated heterocycles. The minimum atomic E-state index is -0.261. The highest BCUT2D eigenvalue weighted by molar-refractivity contribution is 4.96. The standard InChI is InChI=1S/C12H24O2/c1-4-6-10(2)9-11(13)12(14-3)7-5-8-12/h10-11,13H,4-9H2,1-3H3. The fourth-order valence-corrected chi connectivity index (χ4v) is 2.41. The number of rotatable bonds is 6. The van der Waals surface area contributed by atoms with E-state index in [4.69, 9.17) is 4.74 Å². The maximum absolute atomic E-state index is 10.1. The Labute approximate surface area is 87.7 Å². The van der Waals surface area contributed by atoms with Crippen LogP contribution in [0.15, 0.2) is 0 Å². The lowest BCUT2D eigenvalue weighted by atomic mass is 9.73. The van der Waals surface area contributed by atoms with Crippen LogP contribution in [0.4, 0.5) is 0 Å². The highest BCUT2D eigenvalue weighted by Gasteiger charge is 2.43. The van der Waals surface area contributed by atoms with E-state index < -0.39 is 0 Å². The molecule has 2 heteroatoms. The van der Waals surface area contributed by atoms with E-state index in [1.54, 1.807) is 7.11 Å². The highest BCUT2D eigenvalue weighted by Crippen LogP contribution is 2.40. The van der Waals surface area contributed by atoms with Crippen LogP contribution in [-0.2, 0) is 4.74 Å². The van der Waals surface area contributed by atoms with Gasteiger partial charge in [-0.1, -0.05) is 26.7 Å². The summed E-state index contributed by atoms with van der Waals surface area (Å²) in [5.74, 6) is 0.614. The van der Waals surface area contributed by atoms with Crippen molar-refractivity contribution in [2.75, 3.05) is 7.11 Å². The molecule has 0 aromatic rings. The molecule has 0 bridgehead atoms. The van der Waals surface area contributed by atoms with Crippen molar-refractivity contribution < 1.29 is 9.84 Å². The van der Waals surface area contributed by atoms with Crippen molar-refractivity contribution in [2.45, 2.75) is 64.1 Å². The zero-order valence-electron chi connectivity index (χ0n) is 9.75. The molecule has 2 atom stereocenters. The molecule has 0 aromatic carbocycles. The number of hydrogen-bond acceptors (Lipinski definition) is 2. The third-order valence-corrected chi connectivity index (χ3v) is 3.62. The Kier molecular flexibility index (Phi) is 4.39. The minimum Gasteiger partial charge on any atom is -0.390 e. The summed E-state index contributed by atoms with van der Waals surface area (Å²) in [6, 6.07) is 0. The molecule has 0 aromatic heterocycles. The van der Waals surface area contributed by atoms with Crippen molar-refractivity contribution in [1.82, 2.24) is 0 Å². The normalized spacial score (nSPS) is 24.0. The van der Waals surface area contributed by atoms with E-state index in [9.17, 15) is 5.11 Å². The zero-order chi connectivity index (χ0) is 10.6. The van der Waals surface area contributed by atoms with E-state index >= 15 is 0 Å². The first-order valence-corrected chi connectivity index (χ1v) is 5.88. The van der Waals surface area contributed by atoms with Crippen molar-refractivity contribution in [3.63, 3.8) is 0 Å². The molecule has 2 nitrogen and oxygen atoms in total. The first kappa shape index (κ1) is 12.0. The number of methoxy groups -OCH3 is 1. The van der Waals surface area contributed by atoms with Crippen LogP contribution in [0.1, 0.15) is 52.4 Å². The van der Waals surface area contributed by atoms with Crippen LogP contribution < -0.4 is 0 Å². The molecule has 1 aliphatic carbocycles. The molecule has 84 valence electrons. The summed E-state index contributed by atoms with van der Waals surface area (Å²) in [6.07, 6.45) is 6.30. The molecule has 0 aliphatic heterocycles. The average Bonchev–Trinajstić information content (AvgIpc) is 2.03. The smallest absolute Gasteiger partial charge is 0.0936 e. The van der Waals surface area contributed by atoms with Gasteiger partial charge in [-0.05, 0) is 31.6 Å². The summed E-state index contributed by atoms with van der Waals surface area (Å²) in [7, 11) is 1.73. The number of hydrogen-bond donors (Lipinski definition) is 1. The monoisotopic (exact) mass is 200 g/mol. The largest absolute Gasteiger partial charge is 0.390 e. The average molecular weight is 200 g/mol. The number of ether oxygens (including phenoxy) is 1. The second kappa shape index (κ2) is 5.13. The Morgan fingerprint density at radius 2 is 2.07 bits per heavy atom. The van der Waals surface area contributed by atoms with Crippen molar-refractivity contribution >= 4 is 0 Å². The van der Waals surface area contributed by atoms with Crippen LogP contribution in [0, 0.1) is 5.92 Å². The Morgan fingerprint density at radius 3 is 2.43 bits per heavy atom. The molecule has 1 saturated carbocycles. The summed E-state index contributed by atoms with van der Waals surface area (Å²) in [5, 5.41) is 10.1. The van der Waals surface area contributed by atoms with Gasteiger partial charge >= 0.3 is 0 Å². The fourth-order valence-electron chi connectivity index (χ4n) is 2.41. The predicted octanol–water partition coefficient (Wildman–Crippen LogP) is 2.74.